The summed E-state index contributed by atoms with van der Waals surface area (Å²) in [5, 5.41) is 4.69. The maximum Gasteiger partial charge on any atom is 0.355 e. The van der Waals surface area contributed by atoms with Gasteiger partial charge in [-0.05, 0) is 33.3 Å². The van der Waals surface area contributed by atoms with Crippen LogP contribution in [0.25, 0.3) is 0 Å². The second-order valence-corrected chi connectivity index (χ2v) is 6.84. The zero-order chi connectivity index (χ0) is 19.4. The smallest absolute Gasteiger partial charge is 0.355 e. The molecule has 2 N–H and O–H groups in total. The number of aryl methyl sites for hydroxylation is 1. The molecule has 8 nitrogen and oxygen atoms in total. The Balaban J connectivity index is 2.07. The fourth-order valence-corrected chi connectivity index (χ4v) is 3.07. The molecular formula is C17H21N3O5S. The lowest BCUT2D eigenvalue weighted by Crippen LogP contribution is -2.13. The summed E-state index contributed by atoms with van der Waals surface area (Å²) >= 11 is 1.24. The Hall–Kier alpha value is -2.68. The van der Waals surface area contributed by atoms with Crippen LogP contribution >= 0.6 is 11.3 Å². The van der Waals surface area contributed by atoms with Crippen molar-refractivity contribution in [3.63, 3.8) is 0 Å². The molecule has 0 bridgehead atoms. The van der Waals surface area contributed by atoms with Crippen molar-refractivity contribution in [2.24, 2.45) is 0 Å². The molecule has 0 atom stereocenters. The third-order valence-corrected chi connectivity index (χ3v) is 4.18. The van der Waals surface area contributed by atoms with E-state index in [-0.39, 0.29) is 24.3 Å². The van der Waals surface area contributed by atoms with Crippen LogP contribution in [-0.4, -0.2) is 33.9 Å². The zero-order valence-electron chi connectivity index (χ0n) is 15.3. The van der Waals surface area contributed by atoms with E-state index in [9.17, 15) is 14.4 Å². The number of anilines is 1. The Labute approximate surface area is 154 Å². The molecule has 2 heterocycles. The van der Waals surface area contributed by atoms with E-state index in [1.807, 2.05) is 0 Å². The fourth-order valence-electron chi connectivity index (χ4n) is 2.33. The van der Waals surface area contributed by atoms with Gasteiger partial charge in [-0.15, -0.1) is 11.3 Å². The highest BCUT2D eigenvalue weighted by atomic mass is 32.1. The van der Waals surface area contributed by atoms with Crippen molar-refractivity contribution in [1.82, 2.24) is 9.97 Å². The van der Waals surface area contributed by atoms with Gasteiger partial charge in [-0.2, -0.15) is 0 Å². The number of aromatic nitrogens is 2. The molecule has 2 aromatic heterocycles. The van der Waals surface area contributed by atoms with Gasteiger partial charge in [0, 0.05) is 18.0 Å². The number of nitrogens with zero attached hydrogens (tertiary/aromatic N) is 1. The first kappa shape index (κ1) is 19.6. The van der Waals surface area contributed by atoms with E-state index in [0.29, 0.717) is 27.6 Å². The van der Waals surface area contributed by atoms with E-state index in [2.05, 4.69) is 15.3 Å². The highest BCUT2D eigenvalue weighted by molar-refractivity contribution is 7.13. The summed E-state index contributed by atoms with van der Waals surface area (Å²) in [5.41, 5.74) is 2.09. The molecule has 0 fully saturated rings. The molecule has 0 radical (unpaired) electrons. The highest BCUT2D eigenvalue weighted by Gasteiger charge is 2.24. The van der Waals surface area contributed by atoms with Crippen LogP contribution in [0.5, 0.6) is 0 Å². The summed E-state index contributed by atoms with van der Waals surface area (Å²) in [6.45, 7) is 8.22. The minimum Gasteiger partial charge on any atom is -0.459 e. The summed E-state index contributed by atoms with van der Waals surface area (Å²) in [6.07, 6.45) is -0.255. The summed E-state index contributed by atoms with van der Waals surface area (Å²) in [4.78, 5) is 42.5. The van der Waals surface area contributed by atoms with Crippen molar-refractivity contribution in [2.75, 3.05) is 5.32 Å². The molecule has 0 aliphatic rings. The van der Waals surface area contributed by atoms with Crippen molar-refractivity contribution in [2.45, 2.75) is 47.3 Å². The van der Waals surface area contributed by atoms with E-state index < -0.39 is 11.9 Å². The topological polar surface area (TPSA) is 110 Å². The van der Waals surface area contributed by atoms with Gasteiger partial charge in [-0.1, -0.05) is 0 Å². The molecule has 0 aromatic carbocycles. The quantitative estimate of drug-likeness (QED) is 0.747. The molecule has 0 saturated carbocycles. The Morgan fingerprint density at radius 2 is 1.96 bits per heavy atom. The summed E-state index contributed by atoms with van der Waals surface area (Å²) in [6, 6.07) is 0. The number of H-pyrrole nitrogens is 1. The predicted molar refractivity (Wildman–Crippen MR) is 96.4 cm³/mol. The second-order valence-electron chi connectivity index (χ2n) is 5.98. The average Bonchev–Trinajstić information content (AvgIpc) is 3.07. The van der Waals surface area contributed by atoms with Gasteiger partial charge < -0.3 is 19.8 Å². The molecule has 0 aliphatic carbocycles. The molecule has 140 valence electrons. The normalized spacial score (nSPS) is 10.7. The van der Waals surface area contributed by atoms with E-state index in [4.69, 9.17) is 9.47 Å². The van der Waals surface area contributed by atoms with Crippen molar-refractivity contribution < 1.29 is 23.9 Å². The Morgan fingerprint density at radius 1 is 1.27 bits per heavy atom. The fraction of sp³-hybridized carbons (Fsp3) is 0.412. The van der Waals surface area contributed by atoms with Crippen LogP contribution < -0.4 is 5.32 Å². The van der Waals surface area contributed by atoms with Gasteiger partial charge in [0.05, 0.1) is 17.4 Å². The van der Waals surface area contributed by atoms with Gasteiger partial charge in [0.1, 0.15) is 12.3 Å². The van der Waals surface area contributed by atoms with E-state index in [0.717, 1.165) is 0 Å². The van der Waals surface area contributed by atoms with Gasteiger partial charge >= 0.3 is 11.9 Å². The number of rotatable bonds is 6. The molecule has 9 heteroatoms. The maximum atomic E-state index is 12.3. The number of carbonyl (C=O) groups excluding carboxylic acids is 3. The number of hydrogen-bond donors (Lipinski definition) is 2. The van der Waals surface area contributed by atoms with Crippen LogP contribution in [0.4, 0.5) is 5.13 Å². The molecule has 1 amide bonds. The number of ether oxygens (including phenoxy) is 2. The second kappa shape index (κ2) is 8.13. The predicted octanol–water partition coefficient (Wildman–Crippen LogP) is 2.97. The SMILES string of the molecule is CC(=O)Nc1nc(COC(=O)c2[nH]c(C)c(C(=O)OC(C)C)c2C)cs1. The van der Waals surface area contributed by atoms with Gasteiger partial charge in [0.15, 0.2) is 5.13 Å². The third-order valence-electron chi connectivity index (χ3n) is 3.37. The lowest BCUT2D eigenvalue weighted by atomic mass is 10.1. The first-order valence-electron chi connectivity index (χ1n) is 7.98. The van der Waals surface area contributed by atoms with Gasteiger partial charge in [-0.25, -0.2) is 14.6 Å². The van der Waals surface area contributed by atoms with Crippen molar-refractivity contribution in [1.29, 1.82) is 0 Å². The summed E-state index contributed by atoms with van der Waals surface area (Å²) in [7, 11) is 0. The number of carbonyl (C=O) groups is 3. The lowest BCUT2D eigenvalue weighted by Gasteiger charge is -2.08. The molecule has 2 aromatic rings. The van der Waals surface area contributed by atoms with E-state index >= 15 is 0 Å². The number of esters is 2. The van der Waals surface area contributed by atoms with Gasteiger partial charge in [0.2, 0.25) is 5.91 Å². The van der Waals surface area contributed by atoms with Crippen molar-refractivity contribution in [3.8, 4) is 0 Å². The van der Waals surface area contributed by atoms with Crippen LogP contribution in [0, 0.1) is 13.8 Å². The number of nitrogens with one attached hydrogen (secondary N) is 2. The van der Waals surface area contributed by atoms with Crippen LogP contribution in [0.15, 0.2) is 5.38 Å². The molecule has 0 spiro atoms. The van der Waals surface area contributed by atoms with Gasteiger partial charge in [-0.3, -0.25) is 4.79 Å². The standard InChI is InChI=1S/C17H21N3O5S/c1-8(2)25-15(22)13-9(3)14(18-10(13)4)16(23)24-6-12-7-26-17(20-12)19-11(5)21/h7-8,18H,6H2,1-5H3,(H,19,20,21). The molecule has 0 unspecified atom stereocenters. The summed E-state index contributed by atoms with van der Waals surface area (Å²) < 4.78 is 10.5. The molecule has 26 heavy (non-hydrogen) atoms. The number of aromatic amines is 1. The summed E-state index contributed by atoms with van der Waals surface area (Å²) in [5.74, 6) is -1.30. The minimum absolute atomic E-state index is 0.0435. The molecule has 0 aliphatic heterocycles. The number of amides is 1. The van der Waals surface area contributed by atoms with Crippen molar-refractivity contribution >= 4 is 34.3 Å². The van der Waals surface area contributed by atoms with Crippen LogP contribution in [0.2, 0.25) is 0 Å². The molecular weight excluding hydrogens is 358 g/mol. The van der Waals surface area contributed by atoms with Crippen LogP contribution in [-0.2, 0) is 20.9 Å². The van der Waals surface area contributed by atoms with E-state index in [1.54, 1.807) is 33.1 Å². The first-order valence-corrected chi connectivity index (χ1v) is 8.86. The average molecular weight is 379 g/mol. The third kappa shape index (κ3) is 4.69. The monoisotopic (exact) mass is 379 g/mol. The Kier molecular flexibility index (Phi) is 6.14. The van der Waals surface area contributed by atoms with E-state index in [1.165, 1.54) is 18.3 Å². The lowest BCUT2D eigenvalue weighted by molar-refractivity contribution is -0.114. The zero-order valence-corrected chi connectivity index (χ0v) is 16.1. The Bertz CT molecular complexity index is 838. The van der Waals surface area contributed by atoms with Crippen LogP contribution in [0.3, 0.4) is 0 Å². The minimum atomic E-state index is -0.594. The largest absolute Gasteiger partial charge is 0.459 e. The number of thiazole rings is 1. The molecule has 0 saturated heterocycles. The highest BCUT2D eigenvalue weighted by Crippen LogP contribution is 2.21. The number of hydrogen-bond acceptors (Lipinski definition) is 7. The maximum absolute atomic E-state index is 12.3. The van der Waals surface area contributed by atoms with Crippen LogP contribution in [0.1, 0.15) is 58.6 Å². The molecule has 2 rings (SSSR count). The first-order chi connectivity index (χ1) is 12.2. The van der Waals surface area contributed by atoms with Gasteiger partial charge in [0.25, 0.3) is 0 Å². The van der Waals surface area contributed by atoms with Crippen molar-refractivity contribution in [3.05, 3.63) is 33.6 Å². The Morgan fingerprint density at radius 3 is 2.58 bits per heavy atom.